The Bertz CT molecular complexity index is 945. The lowest BCUT2D eigenvalue weighted by atomic mass is 10.1. The topological polar surface area (TPSA) is 51.8 Å². The smallest absolute Gasteiger partial charge is 0.382 e. The third kappa shape index (κ3) is 4.02. The molecule has 2 aromatic carbocycles. The fourth-order valence-electron chi connectivity index (χ4n) is 2.40. The molecule has 0 aliphatic rings. The molecule has 0 aliphatic heterocycles. The maximum absolute atomic E-state index is 12.7. The first-order chi connectivity index (χ1) is 12.6. The Morgan fingerprint density at radius 1 is 0.667 bits per heavy atom. The van der Waals surface area contributed by atoms with Crippen molar-refractivity contribution in [2.75, 3.05) is 5.73 Å². The van der Waals surface area contributed by atoms with E-state index in [0.717, 1.165) is 24.3 Å². The summed E-state index contributed by atoms with van der Waals surface area (Å²) in [6.45, 7) is 0. The summed E-state index contributed by atoms with van der Waals surface area (Å²) >= 11 is 0. The minimum atomic E-state index is -4.47. The van der Waals surface area contributed by atoms with Crippen molar-refractivity contribution in [2.45, 2.75) is 12.4 Å². The molecule has 0 fully saturated rings. The minimum Gasteiger partial charge on any atom is -0.382 e. The molecule has 140 valence electrons. The van der Waals surface area contributed by atoms with Gasteiger partial charge in [-0.1, -0.05) is 24.3 Å². The third-order valence-corrected chi connectivity index (χ3v) is 3.79. The number of rotatable bonds is 2. The zero-order valence-electron chi connectivity index (χ0n) is 13.4. The summed E-state index contributed by atoms with van der Waals surface area (Å²) in [5, 5.41) is 0. The van der Waals surface area contributed by atoms with Gasteiger partial charge in [-0.2, -0.15) is 26.3 Å². The van der Waals surface area contributed by atoms with Gasteiger partial charge in [0.25, 0.3) is 0 Å². The fourth-order valence-corrected chi connectivity index (χ4v) is 2.40. The van der Waals surface area contributed by atoms with Crippen molar-refractivity contribution in [1.29, 1.82) is 0 Å². The molecule has 1 heterocycles. The number of nitrogens with two attached hydrogens (primary N) is 1. The summed E-state index contributed by atoms with van der Waals surface area (Å²) < 4.78 is 76.0. The van der Waals surface area contributed by atoms with Crippen LogP contribution in [0.25, 0.3) is 22.5 Å². The quantitative estimate of drug-likeness (QED) is 0.601. The maximum atomic E-state index is 12.7. The van der Waals surface area contributed by atoms with Crippen LogP contribution in [0.4, 0.5) is 32.2 Å². The number of hydrogen-bond acceptors (Lipinski definition) is 3. The molecule has 3 nitrogen and oxygen atoms in total. The van der Waals surface area contributed by atoms with Crippen molar-refractivity contribution < 1.29 is 26.3 Å². The first-order valence-corrected chi connectivity index (χ1v) is 7.53. The number of benzene rings is 2. The predicted molar refractivity (Wildman–Crippen MR) is 87.3 cm³/mol. The van der Waals surface area contributed by atoms with Gasteiger partial charge in [-0.05, 0) is 24.3 Å². The van der Waals surface area contributed by atoms with Crippen LogP contribution in [0.15, 0.2) is 54.7 Å². The lowest BCUT2D eigenvalue weighted by molar-refractivity contribution is -0.138. The Kier molecular flexibility index (Phi) is 4.54. The second-order valence-electron chi connectivity index (χ2n) is 5.64. The predicted octanol–water partition coefficient (Wildman–Crippen LogP) is 5.43. The highest BCUT2D eigenvalue weighted by atomic mass is 19.4. The average molecular weight is 383 g/mol. The van der Waals surface area contributed by atoms with Crippen molar-refractivity contribution in [1.82, 2.24) is 9.97 Å². The summed E-state index contributed by atoms with van der Waals surface area (Å²) in [6.07, 6.45) is -7.65. The molecule has 0 unspecified atom stereocenters. The molecule has 3 rings (SSSR count). The highest BCUT2D eigenvalue weighted by Gasteiger charge is 2.31. The highest BCUT2D eigenvalue weighted by molar-refractivity contribution is 5.73. The Morgan fingerprint density at radius 3 is 1.56 bits per heavy atom. The molecule has 27 heavy (non-hydrogen) atoms. The lowest BCUT2D eigenvalue weighted by Gasteiger charge is -2.10. The van der Waals surface area contributed by atoms with Gasteiger partial charge < -0.3 is 5.73 Å². The number of anilines is 1. The third-order valence-electron chi connectivity index (χ3n) is 3.79. The lowest BCUT2D eigenvalue weighted by Crippen LogP contribution is -2.05. The van der Waals surface area contributed by atoms with E-state index in [2.05, 4.69) is 9.97 Å². The molecular formula is C18H11F6N3. The molecule has 0 spiro atoms. The standard InChI is InChI=1S/C18H11F6N3/c19-17(20,21)12-5-1-10(2-6-12)14-9-26-16(25)15(27-14)11-3-7-13(8-4-11)18(22,23)24/h1-9H,(H2,25,26). The molecule has 0 bridgehead atoms. The number of hydrogen-bond donors (Lipinski definition) is 1. The summed E-state index contributed by atoms with van der Waals surface area (Å²) in [6, 6.07) is 8.48. The first kappa shape index (κ1) is 18.7. The zero-order chi connectivity index (χ0) is 19.8. The van der Waals surface area contributed by atoms with Crippen LogP contribution >= 0.6 is 0 Å². The van der Waals surface area contributed by atoms with Crippen LogP contribution in [0.1, 0.15) is 11.1 Å². The van der Waals surface area contributed by atoms with Crippen molar-refractivity contribution in [3.8, 4) is 22.5 Å². The Balaban J connectivity index is 1.97. The van der Waals surface area contributed by atoms with Gasteiger partial charge in [0.1, 0.15) is 11.5 Å². The van der Waals surface area contributed by atoms with Crippen LogP contribution in [-0.2, 0) is 12.4 Å². The number of aromatic nitrogens is 2. The largest absolute Gasteiger partial charge is 0.416 e. The van der Waals surface area contributed by atoms with Crippen LogP contribution in [-0.4, -0.2) is 9.97 Å². The monoisotopic (exact) mass is 383 g/mol. The second-order valence-corrected chi connectivity index (χ2v) is 5.64. The summed E-state index contributed by atoms with van der Waals surface area (Å²) in [7, 11) is 0. The van der Waals surface area contributed by atoms with Crippen LogP contribution in [0.5, 0.6) is 0 Å². The van der Waals surface area contributed by atoms with E-state index in [-0.39, 0.29) is 17.2 Å². The van der Waals surface area contributed by atoms with E-state index in [1.54, 1.807) is 0 Å². The summed E-state index contributed by atoms with van der Waals surface area (Å²) in [4.78, 5) is 8.19. The van der Waals surface area contributed by atoms with E-state index in [9.17, 15) is 26.3 Å². The molecule has 3 aromatic rings. The van der Waals surface area contributed by atoms with Gasteiger partial charge in [0.15, 0.2) is 0 Å². The SMILES string of the molecule is Nc1ncc(-c2ccc(C(F)(F)F)cc2)nc1-c1ccc(C(F)(F)F)cc1. The number of nitrogens with zero attached hydrogens (tertiary/aromatic N) is 2. The molecule has 0 aliphatic carbocycles. The molecule has 0 amide bonds. The second kappa shape index (κ2) is 6.57. The number of halogens is 6. The Labute approximate surface area is 149 Å². The summed E-state index contributed by atoms with van der Waals surface area (Å²) in [5.41, 5.74) is 5.18. The van der Waals surface area contributed by atoms with Gasteiger partial charge in [0.05, 0.1) is 23.0 Å². The van der Waals surface area contributed by atoms with Crippen LogP contribution < -0.4 is 5.73 Å². The van der Waals surface area contributed by atoms with Gasteiger partial charge in [-0.3, -0.25) is 0 Å². The normalized spacial score (nSPS) is 12.2. The first-order valence-electron chi connectivity index (χ1n) is 7.53. The van der Waals surface area contributed by atoms with Crippen molar-refractivity contribution in [3.05, 3.63) is 65.9 Å². The maximum Gasteiger partial charge on any atom is 0.416 e. The van der Waals surface area contributed by atoms with E-state index < -0.39 is 23.5 Å². The van der Waals surface area contributed by atoms with Crippen LogP contribution in [0.2, 0.25) is 0 Å². The van der Waals surface area contributed by atoms with Crippen LogP contribution in [0.3, 0.4) is 0 Å². The van der Waals surface area contributed by atoms with E-state index in [1.165, 1.54) is 30.5 Å². The molecule has 9 heteroatoms. The van der Waals surface area contributed by atoms with Gasteiger partial charge >= 0.3 is 12.4 Å². The number of nitrogen functional groups attached to an aromatic ring is 1. The minimum absolute atomic E-state index is 0.00887. The van der Waals surface area contributed by atoms with Crippen molar-refractivity contribution >= 4 is 5.82 Å². The zero-order valence-corrected chi connectivity index (χ0v) is 13.4. The van der Waals surface area contributed by atoms with E-state index in [1.807, 2.05) is 0 Å². The highest BCUT2D eigenvalue weighted by Crippen LogP contribution is 2.33. The Morgan fingerprint density at radius 2 is 1.11 bits per heavy atom. The van der Waals surface area contributed by atoms with Crippen molar-refractivity contribution in [3.63, 3.8) is 0 Å². The molecule has 0 atom stereocenters. The van der Waals surface area contributed by atoms with Gasteiger partial charge in [-0.25, -0.2) is 9.97 Å². The fraction of sp³-hybridized carbons (Fsp3) is 0.111. The van der Waals surface area contributed by atoms with E-state index in [0.29, 0.717) is 11.1 Å². The molecule has 2 N–H and O–H groups in total. The molecular weight excluding hydrogens is 372 g/mol. The number of alkyl halides is 6. The van der Waals surface area contributed by atoms with Gasteiger partial charge in [0, 0.05) is 11.1 Å². The molecule has 0 radical (unpaired) electrons. The van der Waals surface area contributed by atoms with E-state index >= 15 is 0 Å². The van der Waals surface area contributed by atoms with Crippen molar-refractivity contribution in [2.24, 2.45) is 0 Å². The molecule has 0 saturated carbocycles. The molecule has 0 saturated heterocycles. The van der Waals surface area contributed by atoms with Gasteiger partial charge in [-0.15, -0.1) is 0 Å². The molecule has 1 aromatic heterocycles. The van der Waals surface area contributed by atoms with E-state index in [4.69, 9.17) is 5.73 Å². The van der Waals surface area contributed by atoms with Gasteiger partial charge in [0.2, 0.25) is 0 Å². The van der Waals surface area contributed by atoms with Crippen LogP contribution in [0, 0.1) is 0 Å². The summed E-state index contributed by atoms with van der Waals surface area (Å²) in [5.74, 6) is -0.00887. The average Bonchev–Trinajstić information content (AvgIpc) is 2.61. The Hall–Kier alpha value is -3.10.